The lowest BCUT2D eigenvalue weighted by molar-refractivity contribution is -0.137. The summed E-state index contributed by atoms with van der Waals surface area (Å²) < 4.78 is 64.9. The number of benzene rings is 2. The van der Waals surface area contributed by atoms with Crippen LogP contribution in [-0.4, -0.2) is 27.4 Å². The number of anilines is 1. The number of rotatable bonds is 4. The maximum Gasteiger partial charge on any atom is 0.416 e. The molecule has 0 spiro atoms. The first-order valence-corrected chi connectivity index (χ1v) is 9.74. The maximum absolute atomic E-state index is 12.8. The summed E-state index contributed by atoms with van der Waals surface area (Å²) in [7, 11) is -4.44. The van der Waals surface area contributed by atoms with Crippen molar-refractivity contribution in [3.63, 3.8) is 0 Å². The predicted molar refractivity (Wildman–Crippen MR) is 94.0 cm³/mol. The number of alkyl halides is 3. The molecule has 0 atom stereocenters. The molecule has 0 aromatic heterocycles. The second-order valence-corrected chi connectivity index (χ2v) is 7.89. The predicted octanol–water partition coefficient (Wildman–Crippen LogP) is 3.42. The molecular formula is C18H17F3N2O3S. The summed E-state index contributed by atoms with van der Waals surface area (Å²) in [5, 5.41) is 0. The van der Waals surface area contributed by atoms with Gasteiger partial charge in [0, 0.05) is 24.3 Å². The van der Waals surface area contributed by atoms with Gasteiger partial charge in [0.05, 0.1) is 10.5 Å². The highest BCUT2D eigenvalue weighted by atomic mass is 32.2. The largest absolute Gasteiger partial charge is 0.416 e. The highest BCUT2D eigenvalue weighted by Gasteiger charge is 2.32. The number of amides is 1. The number of carbonyl (C=O) groups excluding carboxylic acids is 1. The fraction of sp³-hybridized carbons (Fsp3) is 0.278. The first-order valence-electron chi connectivity index (χ1n) is 8.26. The zero-order valence-electron chi connectivity index (χ0n) is 14.2. The molecule has 1 saturated heterocycles. The van der Waals surface area contributed by atoms with Crippen LogP contribution in [0.15, 0.2) is 53.4 Å². The van der Waals surface area contributed by atoms with Crippen LogP contribution in [0, 0.1) is 0 Å². The van der Waals surface area contributed by atoms with Gasteiger partial charge in [-0.15, -0.1) is 0 Å². The zero-order chi connectivity index (χ0) is 19.7. The average Bonchev–Trinajstić information content (AvgIpc) is 3.15. The van der Waals surface area contributed by atoms with E-state index >= 15 is 0 Å². The van der Waals surface area contributed by atoms with Crippen LogP contribution in [0.5, 0.6) is 0 Å². The summed E-state index contributed by atoms with van der Waals surface area (Å²) in [5.41, 5.74) is -0.180. The van der Waals surface area contributed by atoms with E-state index in [1.165, 1.54) is 6.07 Å². The van der Waals surface area contributed by atoms with Gasteiger partial charge in [0.25, 0.3) is 15.9 Å². The minimum Gasteiger partial charge on any atom is -0.372 e. The van der Waals surface area contributed by atoms with Gasteiger partial charge in [0.2, 0.25) is 0 Å². The molecule has 2 aromatic rings. The molecule has 1 amide bonds. The fourth-order valence-electron chi connectivity index (χ4n) is 2.90. The first-order chi connectivity index (χ1) is 12.7. The van der Waals surface area contributed by atoms with Gasteiger partial charge >= 0.3 is 6.18 Å². The molecule has 1 N–H and O–H groups in total. The number of hydrogen-bond acceptors (Lipinski definition) is 4. The van der Waals surface area contributed by atoms with Crippen molar-refractivity contribution in [2.75, 3.05) is 18.0 Å². The van der Waals surface area contributed by atoms with Gasteiger partial charge in [-0.1, -0.05) is 12.1 Å². The van der Waals surface area contributed by atoms with Crippen LogP contribution in [0.3, 0.4) is 0 Å². The van der Waals surface area contributed by atoms with E-state index in [1.54, 1.807) is 12.1 Å². The maximum atomic E-state index is 12.8. The van der Waals surface area contributed by atoms with E-state index in [2.05, 4.69) is 4.90 Å². The Hall–Kier alpha value is -2.55. The Morgan fingerprint density at radius 1 is 1.00 bits per heavy atom. The van der Waals surface area contributed by atoms with E-state index in [0.717, 1.165) is 49.8 Å². The molecule has 27 heavy (non-hydrogen) atoms. The Bertz CT molecular complexity index is 952. The third-order valence-electron chi connectivity index (χ3n) is 4.28. The topological polar surface area (TPSA) is 66.5 Å². The van der Waals surface area contributed by atoms with Crippen LogP contribution < -0.4 is 9.62 Å². The molecule has 0 unspecified atom stereocenters. The van der Waals surface area contributed by atoms with E-state index in [1.807, 2.05) is 10.8 Å². The Morgan fingerprint density at radius 3 is 2.33 bits per heavy atom. The minimum atomic E-state index is -4.68. The highest BCUT2D eigenvalue weighted by Crippen LogP contribution is 2.30. The normalized spacial score (nSPS) is 15.0. The summed E-state index contributed by atoms with van der Waals surface area (Å²) in [4.78, 5) is 13.8. The fourth-order valence-corrected chi connectivity index (χ4v) is 3.92. The monoisotopic (exact) mass is 398 g/mol. The lowest BCUT2D eigenvalue weighted by atomic mass is 10.2. The van der Waals surface area contributed by atoms with Crippen molar-refractivity contribution < 1.29 is 26.4 Å². The van der Waals surface area contributed by atoms with Crippen LogP contribution in [0.4, 0.5) is 18.9 Å². The third kappa shape index (κ3) is 4.41. The number of nitrogens with one attached hydrogen (secondary N) is 1. The summed E-state index contributed by atoms with van der Waals surface area (Å²) in [6.07, 6.45) is -2.60. The first kappa shape index (κ1) is 19.2. The lowest BCUT2D eigenvalue weighted by Gasteiger charge is -2.18. The number of sulfonamides is 1. The number of nitrogens with zero attached hydrogens (tertiary/aromatic N) is 1. The van der Waals surface area contributed by atoms with E-state index in [4.69, 9.17) is 0 Å². The molecular weight excluding hydrogens is 381 g/mol. The van der Waals surface area contributed by atoms with Crippen molar-refractivity contribution >= 4 is 21.6 Å². The summed E-state index contributed by atoms with van der Waals surface area (Å²) >= 11 is 0. The molecule has 3 rings (SSSR count). The molecule has 1 fully saturated rings. The lowest BCUT2D eigenvalue weighted by Crippen LogP contribution is -2.31. The molecule has 5 nitrogen and oxygen atoms in total. The number of hydrogen-bond donors (Lipinski definition) is 1. The smallest absolute Gasteiger partial charge is 0.372 e. The van der Waals surface area contributed by atoms with Crippen LogP contribution in [0.1, 0.15) is 28.8 Å². The van der Waals surface area contributed by atoms with Crippen LogP contribution >= 0.6 is 0 Å². The second-order valence-electron chi connectivity index (χ2n) is 6.20. The van der Waals surface area contributed by atoms with E-state index < -0.39 is 32.6 Å². The minimum absolute atomic E-state index is 0.120. The Morgan fingerprint density at radius 2 is 1.67 bits per heavy atom. The molecule has 1 aliphatic rings. The van der Waals surface area contributed by atoms with Gasteiger partial charge in [-0.2, -0.15) is 13.2 Å². The molecule has 2 aromatic carbocycles. The Balaban J connectivity index is 1.82. The molecule has 0 saturated carbocycles. The van der Waals surface area contributed by atoms with Crippen LogP contribution in [-0.2, 0) is 16.2 Å². The van der Waals surface area contributed by atoms with Crippen LogP contribution in [0.25, 0.3) is 0 Å². The van der Waals surface area contributed by atoms with Crippen molar-refractivity contribution in [3.05, 3.63) is 59.7 Å². The van der Waals surface area contributed by atoms with Crippen molar-refractivity contribution in [1.82, 2.24) is 4.72 Å². The number of halogens is 3. The van der Waals surface area contributed by atoms with Crippen LogP contribution in [0.2, 0.25) is 0 Å². The van der Waals surface area contributed by atoms with E-state index in [-0.39, 0.29) is 5.56 Å². The molecule has 9 heteroatoms. The molecule has 144 valence electrons. The van der Waals surface area contributed by atoms with Crippen molar-refractivity contribution in [1.29, 1.82) is 0 Å². The Kier molecular flexibility index (Phi) is 5.14. The second kappa shape index (κ2) is 7.22. The molecule has 0 radical (unpaired) electrons. The van der Waals surface area contributed by atoms with Crippen molar-refractivity contribution in [3.8, 4) is 0 Å². The molecule has 1 aliphatic heterocycles. The van der Waals surface area contributed by atoms with Gasteiger partial charge in [-0.25, -0.2) is 13.1 Å². The summed E-state index contributed by atoms with van der Waals surface area (Å²) in [6, 6.07) is 9.74. The van der Waals surface area contributed by atoms with Crippen molar-refractivity contribution in [2.45, 2.75) is 23.9 Å². The van der Waals surface area contributed by atoms with Gasteiger partial charge in [-0.3, -0.25) is 4.79 Å². The van der Waals surface area contributed by atoms with Gasteiger partial charge in [0.1, 0.15) is 0 Å². The van der Waals surface area contributed by atoms with E-state index in [0.29, 0.717) is 6.07 Å². The third-order valence-corrected chi connectivity index (χ3v) is 5.61. The van der Waals surface area contributed by atoms with Gasteiger partial charge < -0.3 is 4.90 Å². The van der Waals surface area contributed by atoms with Gasteiger partial charge in [-0.05, 0) is 49.2 Å². The zero-order valence-corrected chi connectivity index (χ0v) is 15.0. The average molecular weight is 398 g/mol. The SMILES string of the molecule is O=C(NS(=O)(=O)c1cccc(C(F)(F)F)c1)c1cccc(N2CCCC2)c1. The Labute approximate surface area is 154 Å². The highest BCUT2D eigenvalue weighted by molar-refractivity contribution is 7.90. The standard InChI is InChI=1S/C18H17F3N2O3S/c19-18(20,21)14-6-4-8-16(12-14)27(25,26)22-17(24)13-5-3-7-15(11-13)23-9-1-2-10-23/h3-8,11-12H,1-2,9-10H2,(H,22,24). The van der Waals surface area contributed by atoms with Crippen molar-refractivity contribution in [2.24, 2.45) is 0 Å². The molecule has 1 heterocycles. The number of carbonyl (C=O) groups is 1. The summed E-state index contributed by atoms with van der Waals surface area (Å²) in [5.74, 6) is -0.895. The van der Waals surface area contributed by atoms with Gasteiger partial charge in [0.15, 0.2) is 0 Å². The quantitative estimate of drug-likeness (QED) is 0.857. The summed E-state index contributed by atoms with van der Waals surface area (Å²) in [6.45, 7) is 1.71. The van der Waals surface area contributed by atoms with E-state index in [9.17, 15) is 26.4 Å². The molecule has 0 aliphatic carbocycles. The molecule has 0 bridgehead atoms.